The highest BCUT2D eigenvalue weighted by Gasteiger charge is 2.32. The number of aromatic nitrogens is 1. The number of anilines is 1. The van der Waals surface area contributed by atoms with Gasteiger partial charge in [0.15, 0.2) is 5.13 Å². The molecule has 0 N–H and O–H groups in total. The van der Waals surface area contributed by atoms with E-state index in [1.165, 1.54) is 11.3 Å². The van der Waals surface area contributed by atoms with E-state index in [9.17, 15) is 13.2 Å². The number of thiazole rings is 1. The SMILES string of the molecule is CCN(C1CCCCC1)S(=O)(=O)c1ccc(C(=O)N(CC2CCCO2)c2nc3c(OC)ccc(C)c3s2)cc1. The van der Waals surface area contributed by atoms with Gasteiger partial charge in [-0.15, -0.1) is 0 Å². The highest BCUT2D eigenvalue weighted by molar-refractivity contribution is 7.89. The fourth-order valence-corrected chi connectivity index (χ4v) is 8.43. The number of aryl methyl sites for hydroxylation is 1. The van der Waals surface area contributed by atoms with Crippen LogP contribution >= 0.6 is 11.3 Å². The van der Waals surface area contributed by atoms with Crippen LogP contribution in [0.5, 0.6) is 5.75 Å². The molecule has 2 heterocycles. The van der Waals surface area contributed by atoms with E-state index in [1.807, 2.05) is 26.0 Å². The summed E-state index contributed by atoms with van der Waals surface area (Å²) >= 11 is 1.45. The number of carbonyl (C=O) groups is 1. The second kappa shape index (κ2) is 11.9. The Labute approximate surface area is 235 Å². The van der Waals surface area contributed by atoms with Gasteiger partial charge in [0.05, 0.1) is 29.4 Å². The van der Waals surface area contributed by atoms with Gasteiger partial charge >= 0.3 is 0 Å². The van der Waals surface area contributed by atoms with Crippen LogP contribution in [0.3, 0.4) is 0 Å². The van der Waals surface area contributed by atoms with Crippen molar-refractivity contribution >= 4 is 42.6 Å². The third-order valence-corrected chi connectivity index (χ3v) is 11.1. The quantitative estimate of drug-likeness (QED) is 0.323. The van der Waals surface area contributed by atoms with Crippen LogP contribution in [0.15, 0.2) is 41.3 Å². The summed E-state index contributed by atoms with van der Waals surface area (Å²) in [5, 5.41) is 0.573. The summed E-state index contributed by atoms with van der Waals surface area (Å²) < 4.78 is 41.0. The van der Waals surface area contributed by atoms with Crippen molar-refractivity contribution in [3.05, 3.63) is 47.5 Å². The summed E-state index contributed by atoms with van der Waals surface area (Å²) in [6, 6.07) is 10.3. The minimum absolute atomic E-state index is 0.0384. The van der Waals surface area contributed by atoms with E-state index in [0.29, 0.717) is 36.1 Å². The van der Waals surface area contributed by atoms with Crippen LogP contribution in [0.2, 0.25) is 0 Å². The van der Waals surface area contributed by atoms with Crippen molar-refractivity contribution in [2.45, 2.75) is 75.8 Å². The van der Waals surface area contributed by atoms with Crippen LogP contribution < -0.4 is 9.64 Å². The second-order valence-electron chi connectivity index (χ2n) is 10.3. The zero-order valence-electron chi connectivity index (χ0n) is 22.9. The fourth-order valence-electron chi connectivity index (χ4n) is 5.67. The van der Waals surface area contributed by atoms with Crippen molar-refractivity contribution in [3.63, 3.8) is 0 Å². The van der Waals surface area contributed by atoms with E-state index < -0.39 is 10.0 Å². The van der Waals surface area contributed by atoms with Gasteiger partial charge in [-0.25, -0.2) is 13.4 Å². The predicted octanol–water partition coefficient (Wildman–Crippen LogP) is 5.78. The highest BCUT2D eigenvalue weighted by atomic mass is 32.2. The lowest BCUT2D eigenvalue weighted by atomic mass is 9.95. The molecule has 1 aliphatic heterocycles. The number of sulfonamides is 1. The Hall–Kier alpha value is -2.53. The van der Waals surface area contributed by atoms with Crippen molar-refractivity contribution in [2.24, 2.45) is 0 Å². The molecule has 1 aromatic heterocycles. The van der Waals surface area contributed by atoms with Crippen LogP contribution in [-0.4, -0.2) is 62.6 Å². The van der Waals surface area contributed by atoms with E-state index >= 15 is 0 Å². The smallest absolute Gasteiger partial charge is 0.260 e. The number of fused-ring (bicyclic) bond motifs is 1. The molecule has 10 heteroatoms. The molecule has 2 aliphatic rings. The lowest BCUT2D eigenvalue weighted by Crippen LogP contribution is -2.41. The molecule has 5 rings (SSSR count). The monoisotopic (exact) mass is 571 g/mol. The van der Waals surface area contributed by atoms with Gasteiger partial charge in [0.1, 0.15) is 11.3 Å². The molecule has 0 bridgehead atoms. The molecular formula is C29H37N3O5S2. The first-order valence-corrected chi connectivity index (χ1v) is 16.1. The number of hydrogen-bond donors (Lipinski definition) is 0. The van der Waals surface area contributed by atoms with Gasteiger partial charge in [0, 0.05) is 24.8 Å². The Morgan fingerprint density at radius 2 is 1.82 bits per heavy atom. The molecule has 1 amide bonds. The summed E-state index contributed by atoms with van der Waals surface area (Å²) in [4.78, 5) is 20.6. The summed E-state index contributed by atoms with van der Waals surface area (Å²) in [6.45, 7) is 5.40. The van der Waals surface area contributed by atoms with Gasteiger partial charge in [0.2, 0.25) is 10.0 Å². The number of nitrogens with zero attached hydrogens (tertiary/aromatic N) is 3. The largest absolute Gasteiger partial charge is 0.494 e. The molecule has 1 saturated heterocycles. The standard InChI is InChI=1S/C29H37N3O5S2/c1-4-32(22-9-6-5-7-10-22)39(34,35)24-15-13-21(14-16-24)28(33)31(19-23-11-8-18-37-23)29-30-26-25(36-3)17-12-20(2)27(26)38-29/h12-17,22-23H,4-11,18-19H2,1-3H3. The molecule has 8 nitrogen and oxygen atoms in total. The summed E-state index contributed by atoms with van der Waals surface area (Å²) in [5.74, 6) is 0.431. The maximum Gasteiger partial charge on any atom is 0.260 e. The number of amides is 1. The molecule has 1 unspecified atom stereocenters. The number of hydrogen-bond acceptors (Lipinski definition) is 7. The number of benzene rings is 2. The minimum atomic E-state index is -3.65. The lowest BCUT2D eigenvalue weighted by Gasteiger charge is -2.32. The third kappa shape index (κ3) is 5.70. The Kier molecular flexibility index (Phi) is 8.56. The molecular weight excluding hydrogens is 534 g/mol. The molecule has 2 fully saturated rings. The van der Waals surface area contributed by atoms with Crippen LogP contribution in [-0.2, 0) is 14.8 Å². The van der Waals surface area contributed by atoms with Crippen LogP contribution in [0, 0.1) is 6.92 Å². The van der Waals surface area contributed by atoms with Gasteiger partial charge in [-0.1, -0.05) is 43.6 Å². The molecule has 1 saturated carbocycles. The molecule has 0 radical (unpaired) electrons. The number of methoxy groups -OCH3 is 1. The first-order valence-electron chi connectivity index (χ1n) is 13.8. The van der Waals surface area contributed by atoms with Gasteiger partial charge in [0.25, 0.3) is 5.91 Å². The van der Waals surface area contributed by atoms with Gasteiger partial charge in [-0.05, 0) is 68.5 Å². The van der Waals surface area contributed by atoms with E-state index in [4.69, 9.17) is 14.5 Å². The molecule has 1 aliphatic carbocycles. The Morgan fingerprint density at radius 1 is 1.08 bits per heavy atom. The first-order chi connectivity index (χ1) is 18.8. The van der Waals surface area contributed by atoms with E-state index in [-0.39, 0.29) is 22.9 Å². The number of ether oxygens (including phenoxy) is 2. The maximum atomic E-state index is 13.9. The highest BCUT2D eigenvalue weighted by Crippen LogP contribution is 2.37. The van der Waals surface area contributed by atoms with E-state index in [0.717, 1.165) is 60.7 Å². The molecule has 0 spiro atoms. The van der Waals surface area contributed by atoms with E-state index in [1.54, 1.807) is 40.6 Å². The van der Waals surface area contributed by atoms with Crippen molar-refractivity contribution in [1.82, 2.24) is 9.29 Å². The van der Waals surface area contributed by atoms with Crippen LogP contribution in [0.1, 0.15) is 67.8 Å². The zero-order valence-corrected chi connectivity index (χ0v) is 24.5. The Bertz CT molecular complexity index is 1410. The van der Waals surface area contributed by atoms with Gasteiger partial charge in [-0.2, -0.15) is 4.31 Å². The van der Waals surface area contributed by atoms with Crippen molar-refractivity contribution in [1.29, 1.82) is 0 Å². The summed E-state index contributed by atoms with van der Waals surface area (Å²) in [6.07, 6.45) is 6.83. The number of carbonyl (C=O) groups excluding carboxylic acids is 1. The lowest BCUT2D eigenvalue weighted by molar-refractivity contribution is 0.0917. The minimum Gasteiger partial charge on any atom is -0.494 e. The zero-order chi connectivity index (χ0) is 27.6. The third-order valence-electron chi connectivity index (χ3n) is 7.80. The van der Waals surface area contributed by atoms with Crippen molar-refractivity contribution in [2.75, 3.05) is 31.7 Å². The van der Waals surface area contributed by atoms with Crippen LogP contribution in [0.4, 0.5) is 5.13 Å². The average Bonchev–Trinajstić information content (AvgIpc) is 3.63. The topological polar surface area (TPSA) is 89.0 Å². The van der Waals surface area contributed by atoms with Crippen molar-refractivity contribution in [3.8, 4) is 5.75 Å². The van der Waals surface area contributed by atoms with Crippen LogP contribution in [0.25, 0.3) is 10.2 Å². The molecule has 210 valence electrons. The predicted molar refractivity (Wildman–Crippen MR) is 154 cm³/mol. The van der Waals surface area contributed by atoms with Gasteiger partial charge in [-0.3, -0.25) is 9.69 Å². The first kappa shape index (κ1) is 28.0. The molecule has 39 heavy (non-hydrogen) atoms. The molecule has 3 aromatic rings. The average molecular weight is 572 g/mol. The Morgan fingerprint density at radius 3 is 2.46 bits per heavy atom. The molecule has 1 atom stereocenters. The maximum absolute atomic E-state index is 13.9. The van der Waals surface area contributed by atoms with E-state index in [2.05, 4.69) is 0 Å². The number of rotatable bonds is 9. The fraction of sp³-hybridized carbons (Fsp3) is 0.517. The molecule has 2 aromatic carbocycles. The van der Waals surface area contributed by atoms with Gasteiger partial charge < -0.3 is 9.47 Å². The Balaban J connectivity index is 1.45. The summed E-state index contributed by atoms with van der Waals surface area (Å²) in [5.41, 5.74) is 2.20. The summed E-state index contributed by atoms with van der Waals surface area (Å²) in [7, 11) is -2.04. The normalized spacial score (nSPS) is 18.6. The second-order valence-corrected chi connectivity index (χ2v) is 13.2. The van der Waals surface area contributed by atoms with Crippen molar-refractivity contribution < 1.29 is 22.7 Å².